The summed E-state index contributed by atoms with van der Waals surface area (Å²) < 4.78 is 0. The van der Waals surface area contributed by atoms with Crippen LogP contribution in [0.5, 0.6) is 0 Å². The summed E-state index contributed by atoms with van der Waals surface area (Å²) in [6, 6.07) is 4.07. The summed E-state index contributed by atoms with van der Waals surface area (Å²) in [5.74, 6) is 3.42. The van der Waals surface area contributed by atoms with E-state index in [2.05, 4.69) is 18.0 Å². The number of carbonyl (C=O) groups is 1. The van der Waals surface area contributed by atoms with Crippen molar-refractivity contribution >= 4 is 17.5 Å². The number of Topliss-reactive ketones (excluding diaryl/α,β-unsaturated/α-hetero) is 1. The average Bonchev–Trinajstić information content (AvgIpc) is 2.40. The van der Waals surface area contributed by atoms with E-state index in [9.17, 15) is 4.79 Å². The number of ketones is 1. The summed E-state index contributed by atoms with van der Waals surface area (Å²) in [5.41, 5.74) is 2.15. The molecule has 2 rings (SSSR count). The zero-order chi connectivity index (χ0) is 12.8. The molecule has 0 radical (unpaired) electrons. The van der Waals surface area contributed by atoms with Crippen LogP contribution in [0, 0.1) is 5.92 Å². The fourth-order valence-corrected chi connectivity index (χ4v) is 3.52. The fourth-order valence-electron chi connectivity index (χ4n) is 2.32. The minimum Gasteiger partial charge on any atom is -0.299 e. The van der Waals surface area contributed by atoms with Gasteiger partial charge < -0.3 is 0 Å². The molecule has 0 amide bonds. The molecule has 0 spiro atoms. The van der Waals surface area contributed by atoms with Gasteiger partial charge >= 0.3 is 0 Å². The summed E-state index contributed by atoms with van der Waals surface area (Å²) in [5, 5.41) is 0. The first-order valence-corrected chi connectivity index (χ1v) is 7.96. The molecular weight excluding hydrogens is 242 g/mol. The summed E-state index contributed by atoms with van der Waals surface area (Å²) in [6.07, 6.45) is 6.56. The van der Waals surface area contributed by atoms with Gasteiger partial charge in [-0.3, -0.25) is 9.78 Å². The van der Waals surface area contributed by atoms with Gasteiger partial charge in [0.2, 0.25) is 0 Å². The molecule has 18 heavy (non-hydrogen) atoms. The van der Waals surface area contributed by atoms with Crippen molar-refractivity contribution < 1.29 is 4.79 Å². The first-order chi connectivity index (χ1) is 8.78. The van der Waals surface area contributed by atoms with Gasteiger partial charge in [-0.25, -0.2) is 0 Å². The first-order valence-electron chi connectivity index (χ1n) is 6.81. The molecule has 1 aromatic rings. The molecule has 0 saturated carbocycles. The molecule has 0 aliphatic carbocycles. The lowest BCUT2D eigenvalue weighted by Crippen LogP contribution is -2.16. The Balaban J connectivity index is 1.82. The van der Waals surface area contributed by atoms with E-state index in [4.69, 9.17) is 0 Å². The molecule has 0 N–H and O–H groups in total. The Morgan fingerprint density at radius 1 is 1.39 bits per heavy atom. The largest absolute Gasteiger partial charge is 0.299 e. The zero-order valence-electron chi connectivity index (χ0n) is 11.0. The van der Waals surface area contributed by atoms with Gasteiger partial charge in [0.1, 0.15) is 5.78 Å². The molecule has 1 fully saturated rings. The van der Waals surface area contributed by atoms with Crippen molar-refractivity contribution in [3.8, 4) is 0 Å². The van der Waals surface area contributed by atoms with Crippen molar-refractivity contribution in [3.63, 3.8) is 0 Å². The Bertz CT molecular complexity index is 382. The highest BCUT2D eigenvalue weighted by atomic mass is 32.2. The second-order valence-electron chi connectivity index (χ2n) is 4.99. The minimum absolute atomic E-state index is 0.351. The van der Waals surface area contributed by atoms with Crippen molar-refractivity contribution in [2.45, 2.75) is 39.0 Å². The standard InChI is InChI=1S/C15H21NOS/c1-2-12-3-4-14(16-11-12)10-15(17)9-13-5-7-18-8-6-13/h3-4,11,13H,2,5-10H2,1H3. The molecule has 98 valence electrons. The second-order valence-corrected chi connectivity index (χ2v) is 6.21. The number of hydrogen-bond acceptors (Lipinski definition) is 3. The fraction of sp³-hybridized carbons (Fsp3) is 0.600. The highest BCUT2D eigenvalue weighted by Crippen LogP contribution is 2.25. The van der Waals surface area contributed by atoms with Gasteiger partial charge in [-0.1, -0.05) is 13.0 Å². The summed E-state index contributed by atoms with van der Waals surface area (Å²) in [4.78, 5) is 16.3. The smallest absolute Gasteiger partial charge is 0.139 e. The van der Waals surface area contributed by atoms with E-state index < -0.39 is 0 Å². The molecule has 0 bridgehead atoms. The number of carbonyl (C=O) groups excluding carboxylic acids is 1. The van der Waals surface area contributed by atoms with Gasteiger partial charge in [-0.15, -0.1) is 0 Å². The quantitative estimate of drug-likeness (QED) is 0.816. The van der Waals surface area contributed by atoms with E-state index >= 15 is 0 Å². The van der Waals surface area contributed by atoms with Gasteiger partial charge in [0.05, 0.1) is 0 Å². The van der Waals surface area contributed by atoms with Crippen LogP contribution in [0.25, 0.3) is 0 Å². The Morgan fingerprint density at radius 3 is 2.78 bits per heavy atom. The van der Waals surface area contributed by atoms with E-state index in [0.29, 0.717) is 18.1 Å². The van der Waals surface area contributed by atoms with Gasteiger partial charge in [-0.05, 0) is 48.3 Å². The van der Waals surface area contributed by atoms with Crippen LogP contribution in [0.15, 0.2) is 18.3 Å². The molecule has 0 aromatic carbocycles. The van der Waals surface area contributed by atoms with Gasteiger partial charge in [-0.2, -0.15) is 11.8 Å². The van der Waals surface area contributed by atoms with Crippen molar-refractivity contribution in [1.82, 2.24) is 4.98 Å². The number of aromatic nitrogens is 1. The normalized spacial score (nSPS) is 16.7. The van der Waals surface area contributed by atoms with Crippen LogP contribution < -0.4 is 0 Å². The Morgan fingerprint density at radius 2 is 2.17 bits per heavy atom. The lowest BCUT2D eigenvalue weighted by atomic mass is 9.94. The van der Waals surface area contributed by atoms with Crippen LogP contribution in [-0.4, -0.2) is 22.3 Å². The van der Waals surface area contributed by atoms with Crippen LogP contribution in [-0.2, 0) is 17.6 Å². The summed E-state index contributed by atoms with van der Waals surface area (Å²) in [7, 11) is 0. The van der Waals surface area contributed by atoms with Crippen molar-refractivity contribution in [1.29, 1.82) is 0 Å². The highest BCUT2D eigenvalue weighted by molar-refractivity contribution is 7.99. The number of pyridine rings is 1. The number of aryl methyl sites for hydroxylation is 1. The van der Waals surface area contributed by atoms with E-state index in [-0.39, 0.29) is 0 Å². The number of nitrogens with zero attached hydrogens (tertiary/aromatic N) is 1. The van der Waals surface area contributed by atoms with E-state index in [1.54, 1.807) is 0 Å². The Hall–Kier alpha value is -0.830. The second kappa shape index (κ2) is 6.93. The third kappa shape index (κ3) is 4.13. The molecular formula is C15H21NOS. The number of thioether (sulfide) groups is 1. The minimum atomic E-state index is 0.351. The molecule has 0 atom stereocenters. The number of hydrogen-bond donors (Lipinski definition) is 0. The van der Waals surface area contributed by atoms with Crippen LogP contribution in [0.3, 0.4) is 0 Å². The van der Waals surface area contributed by atoms with E-state index in [0.717, 1.165) is 18.5 Å². The SMILES string of the molecule is CCc1ccc(CC(=O)CC2CCSCC2)nc1. The van der Waals surface area contributed by atoms with E-state index in [1.807, 2.05) is 24.0 Å². The summed E-state index contributed by atoms with van der Waals surface area (Å²) >= 11 is 2.01. The maximum absolute atomic E-state index is 12.0. The van der Waals surface area contributed by atoms with Crippen LogP contribution in [0.1, 0.15) is 37.4 Å². The predicted molar refractivity (Wildman–Crippen MR) is 77.0 cm³/mol. The molecule has 1 saturated heterocycles. The van der Waals surface area contributed by atoms with Crippen LogP contribution in [0.4, 0.5) is 0 Å². The monoisotopic (exact) mass is 263 g/mol. The molecule has 0 unspecified atom stereocenters. The van der Waals surface area contributed by atoms with E-state index in [1.165, 1.54) is 29.9 Å². The van der Waals surface area contributed by atoms with Crippen LogP contribution in [0.2, 0.25) is 0 Å². The molecule has 1 aliphatic rings. The number of rotatable bonds is 5. The third-order valence-corrected chi connectivity index (χ3v) is 4.58. The molecule has 2 nitrogen and oxygen atoms in total. The van der Waals surface area contributed by atoms with Gasteiger partial charge in [0.15, 0.2) is 0 Å². The third-order valence-electron chi connectivity index (χ3n) is 3.53. The van der Waals surface area contributed by atoms with Crippen LogP contribution >= 0.6 is 11.8 Å². The highest BCUT2D eigenvalue weighted by Gasteiger charge is 2.17. The van der Waals surface area contributed by atoms with Gasteiger partial charge in [0, 0.05) is 24.7 Å². The average molecular weight is 263 g/mol. The Kier molecular flexibility index (Phi) is 5.24. The van der Waals surface area contributed by atoms with Crippen molar-refractivity contribution in [2.24, 2.45) is 5.92 Å². The lowest BCUT2D eigenvalue weighted by Gasteiger charge is -2.20. The molecule has 3 heteroatoms. The van der Waals surface area contributed by atoms with Crippen molar-refractivity contribution in [2.75, 3.05) is 11.5 Å². The Labute approximate surface area is 114 Å². The lowest BCUT2D eigenvalue weighted by molar-refractivity contribution is -0.119. The molecule has 1 aliphatic heterocycles. The maximum Gasteiger partial charge on any atom is 0.139 e. The van der Waals surface area contributed by atoms with Gasteiger partial charge in [0.25, 0.3) is 0 Å². The molecule has 1 aromatic heterocycles. The topological polar surface area (TPSA) is 30.0 Å². The summed E-state index contributed by atoms with van der Waals surface area (Å²) in [6.45, 7) is 2.11. The zero-order valence-corrected chi connectivity index (χ0v) is 11.8. The van der Waals surface area contributed by atoms with Crippen molar-refractivity contribution in [3.05, 3.63) is 29.6 Å². The maximum atomic E-state index is 12.0. The predicted octanol–water partition coefficient (Wildman–Crippen LogP) is 3.29. The first kappa shape index (κ1) is 13.6. The molecule has 2 heterocycles.